The molecule has 0 radical (unpaired) electrons. The van der Waals surface area contributed by atoms with Gasteiger partial charge in [0.1, 0.15) is 28.6 Å². The second-order valence-corrected chi connectivity index (χ2v) is 7.99. The van der Waals surface area contributed by atoms with Gasteiger partial charge in [0.05, 0.1) is 27.9 Å². The molecule has 1 atom stereocenters. The van der Waals surface area contributed by atoms with Gasteiger partial charge in [-0.15, -0.1) is 0 Å². The third kappa shape index (κ3) is 7.24. The minimum atomic E-state index is -0.0459. The van der Waals surface area contributed by atoms with Gasteiger partial charge in [-0.1, -0.05) is 32.3 Å². The minimum absolute atomic E-state index is 0. The maximum absolute atomic E-state index is 13.1. The Labute approximate surface area is 193 Å². The van der Waals surface area contributed by atoms with E-state index in [2.05, 4.69) is 6.92 Å². The van der Waals surface area contributed by atoms with Crippen LogP contribution in [0.15, 0.2) is 30.3 Å². The van der Waals surface area contributed by atoms with E-state index in [0.29, 0.717) is 22.8 Å². The fourth-order valence-corrected chi connectivity index (χ4v) is 4.05. The van der Waals surface area contributed by atoms with Gasteiger partial charge in [0, 0.05) is 12.1 Å². The maximum atomic E-state index is 13.1. The molecule has 0 amide bonds. The molecule has 0 aromatic heterocycles. The second kappa shape index (κ2) is 13.6. The summed E-state index contributed by atoms with van der Waals surface area (Å²) in [5, 5.41) is 0.980. The van der Waals surface area contributed by atoms with Gasteiger partial charge >= 0.3 is 18.9 Å². The number of carbonyl (C=O) groups is 1. The van der Waals surface area contributed by atoms with Crippen LogP contribution in [0.5, 0.6) is 23.0 Å². The van der Waals surface area contributed by atoms with Crippen LogP contribution < -0.4 is 24.3 Å². The first-order valence-corrected chi connectivity index (χ1v) is 10.9. The molecule has 0 saturated heterocycles. The molecule has 7 heteroatoms. The van der Waals surface area contributed by atoms with E-state index in [-0.39, 0.29) is 33.0 Å². The van der Waals surface area contributed by atoms with Crippen molar-refractivity contribution in [2.45, 2.75) is 39.5 Å². The van der Waals surface area contributed by atoms with Crippen LogP contribution in [-0.2, 0) is 0 Å². The molecule has 0 fully saturated rings. The van der Waals surface area contributed by atoms with Crippen LogP contribution in [-0.4, -0.2) is 52.3 Å². The van der Waals surface area contributed by atoms with Crippen molar-refractivity contribution < 1.29 is 23.7 Å². The van der Waals surface area contributed by atoms with Gasteiger partial charge in [0.15, 0.2) is 5.52 Å². The van der Waals surface area contributed by atoms with E-state index in [0.717, 1.165) is 29.6 Å². The van der Waals surface area contributed by atoms with Gasteiger partial charge < -0.3 is 18.9 Å². The summed E-state index contributed by atoms with van der Waals surface area (Å²) in [4.78, 5) is 13.1. The molecule has 0 spiro atoms. The summed E-state index contributed by atoms with van der Waals surface area (Å²) in [6, 6.07) is 9.30. The Morgan fingerprint density at radius 3 is 2.10 bits per heavy atom. The molecular formula is C23H32LiO5P. The number of carbonyl (C=O) groups excluding carboxylic acids is 1. The first-order chi connectivity index (χ1) is 14.0. The third-order valence-corrected chi connectivity index (χ3v) is 5.96. The Morgan fingerprint density at radius 1 is 0.900 bits per heavy atom. The molecule has 30 heavy (non-hydrogen) atoms. The predicted octanol–water partition coefficient (Wildman–Crippen LogP) is 4.48. The van der Waals surface area contributed by atoms with Crippen molar-refractivity contribution in [1.29, 1.82) is 0 Å². The molecule has 0 N–H and O–H groups in total. The monoisotopic (exact) mass is 426 g/mol. The molecule has 0 aliphatic heterocycles. The number of benzene rings is 2. The first-order valence-electron chi connectivity index (χ1n) is 9.88. The molecular weight excluding hydrogens is 394 g/mol. The van der Waals surface area contributed by atoms with E-state index in [4.69, 9.17) is 18.9 Å². The Kier molecular flexibility index (Phi) is 12.0. The van der Waals surface area contributed by atoms with Crippen molar-refractivity contribution in [2.75, 3.05) is 27.9 Å². The van der Waals surface area contributed by atoms with Crippen molar-refractivity contribution >= 4 is 38.3 Å². The van der Waals surface area contributed by atoms with Gasteiger partial charge in [-0.25, -0.2) is 0 Å². The van der Waals surface area contributed by atoms with Gasteiger partial charge in [-0.3, -0.25) is 4.79 Å². The molecule has 0 bridgehead atoms. The van der Waals surface area contributed by atoms with Crippen LogP contribution in [0.25, 0.3) is 0 Å². The molecule has 160 valence electrons. The normalized spacial score (nSPS) is 10.6. The Hall–Kier alpha value is -1.66. The number of rotatable bonds is 12. The standard InChI is InChI=1S/C23H31O5P.Li.H/c1-6-7-8-9-12-28-17-10-11-21(16(2)13-17)29-23(24)22-19(26-4)14-18(25-3)15-20(22)27-5;;/h10-11,13-15,29H,6-9,12H2,1-5H3;;. The number of hydrogen-bond acceptors (Lipinski definition) is 5. The number of aryl methyl sites for hydroxylation is 1. The number of methoxy groups -OCH3 is 3. The average Bonchev–Trinajstić information content (AvgIpc) is 2.74. The molecule has 0 heterocycles. The molecule has 2 aromatic rings. The Balaban J connectivity index is 0.00000450. The van der Waals surface area contributed by atoms with Crippen LogP contribution in [0.2, 0.25) is 0 Å². The summed E-state index contributed by atoms with van der Waals surface area (Å²) in [6.45, 7) is 4.92. The van der Waals surface area contributed by atoms with E-state index in [1.165, 1.54) is 33.5 Å². The van der Waals surface area contributed by atoms with E-state index < -0.39 is 0 Å². The molecule has 2 aromatic carbocycles. The summed E-state index contributed by atoms with van der Waals surface area (Å²) in [5.41, 5.74) is 1.43. The number of unbranched alkanes of at least 4 members (excludes halogenated alkanes) is 3. The van der Waals surface area contributed by atoms with Crippen molar-refractivity contribution in [1.82, 2.24) is 0 Å². The molecule has 1 unspecified atom stereocenters. The van der Waals surface area contributed by atoms with Gasteiger partial charge in [-0.05, 0) is 44.9 Å². The zero-order valence-electron chi connectivity index (χ0n) is 18.0. The van der Waals surface area contributed by atoms with Gasteiger partial charge in [0.25, 0.3) is 0 Å². The van der Waals surface area contributed by atoms with E-state index in [9.17, 15) is 4.79 Å². The fraction of sp³-hybridized carbons (Fsp3) is 0.435. The SMILES string of the molecule is CCCCCCOc1ccc(PC(=O)c2c(OC)cc(OC)cc2OC)c(C)c1.[LiH]. The average molecular weight is 426 g/mol. The van der Waals surface area contributed by atoms with Crippen LogP contribution in [0.3, 0.4) is 0 Å². The van der Waals surface area contributed by atoms with Gasteiger partial charge in [0.2, 0.25) is 0 Å². The summed E-state index contributed by atoms with van der Waals surface area (Å²) in [7, 11) is 4.59. The molecule has 5 nitrogen and oxygen atoms in total. The van der Waals surface area contributed by atoms with Crippen LogP contribution in [0, 0.1) is 6.92 Å². The fourth-order valence-electron chi connectivity index (χ4n) is 3.00. The quantitative estimate of drug-likeness (QED) is 0.285. The Morgan fingerprint density at radius 2 is 1.57 bits per heavy atom. The molecule has 0 aliphatic rings. The Bertz CT molecular complexity index is 800. The first kappa shape index (κ1) is 26.4. The van der Waals surface area contributed by atoms with Crippen LogP contribution >= 0.6 is 8.58 Å². The van der Waals surface area contributed by atoms with Crippen molar-refractivity contribution in [3.63, 3.8) is 0 Å². The third-order valence-electron chi connectivity index (χ3n) is 4.65. The van der Waals surface area contributed by atoms with Gasteiger partial charge in [-0.2, -0.15) is 0 Å². The summed E-state index contributed by atoms with van der Waals surface area (Å²) >= 11 is 0. The molecule has 0 saturated carbocycles. The second-order valence-electron chi connectivity index (χ2n) is 6.75. The zero-order chi connectivity index (χ0) is 21.2. The summed E-state index contributed by atoms with van der Waals surface area (Å²) < 4.78 is 21.9. The molecule has 0 aliphatic carbocycles. The van der Waals surface area contributed by atoms with E-state index in [1.54, 1.807) is 19.2 Å². The van der Waals surface area contributed by atoms with Crippen molar-refractivity contribution in [3.05, 3.63) is 41.5 Å². The predicted molar refractivity (Wildman–Crippen MR) is 126 cm³/mol. The van der Waals surface area contributed by atoms with E-state index in [1.807, 2.05) is 25.1 Å². The summed E-state index contributed by atoms with van der Waals surface area (Å²) in [5.74, 6) is 2.32. The van der Waals surface area contributed by atoms with Crippen LogP contribution in [0.1, 0.15) is 48.5 Å². The van der Waals surface area contributed by atoms with E-state index >= 15 is 0 Å². The van der Waals surface area contributed by atoms with Crippen molar-refractivity contribution in [3.8, 4) is 23.0 Å². The molecule has 2 rings (SSSR count). The zero-order valence-corrected chi connectivity index (χ0v) is 19.0. The van der Waals surface area contributed by atoms with Crippen LogP contribution in [0.4, 0.5) is 0 Å². The number of ether oxygens (including phenoxy) is 4. The summed E-state index contributed by atoms with van der Waals surface area (Å²) in [6.07, 6.45) is 4.70. The number of hydrogen-bond donors (Lipinski definition) is 0. The topological polar surface area (TPSA) is 54.0 Å². The van der Waals surface area contributed by atoms with Crippen molar-refractivity contribution in [2.24, 2.45) is 0 Å².